The second kappa shape index (κ2) is 5.17. The van der Waals surface area contributed by atoms with E-state index in [2.05, 4.69) is 15.9 Å². The molecule has 0 spiro atoms. The van der Waals surface area contributed by atoms with E-state index in [1.807, 2.05) is 0 Å². The Morgan fingerprint density at radius 3 is 2.32 bits per heavy atom. The van der Waals surface area contributed by atoms with Crippen molar-refractivity contribution in [2.75, 3.05) is 0 Å². The Balaban J connectivity index is 2.49. The maximum atomic E-state index is 13.6. The number of halogens is 4. The number of carbonyl (C=O) groups is 1. The Morgan fingerprint density at radius 2 is 1.68 bits per heavy atom. The first-order chi connectivity index (χ1) is 8.90. The molecule has 0 unspecified atom stereocenters. The maximum Gasteiger partial charge on any atom is 0.196 e. The lowest BCUT2D eigenvalue weighted by Crippen LogP contribution is -2.06. The fourth-order valence-electron chi connectivity index (χ4n) is 1.62. The van der Waals surface area contributed by atoms with Gasteiger partial charge in [0.1, 0.15) is 17.5 Å². The number of hydrogen-bond donors (Lipinski definition) is 0. The molecule has 98 valence electrons. The predicted octanol–water partition coefficient (Wildman–Crippen LogP) is 4.41. The van der Waals surface area contributed by atoms with Crippen LogP contribution in [0, 0.1) is 24.4 Å². The van der Waals surface area contributed by atoms with Crippen molar-refractivity contribution in [3.8, 4) is 0 Å². The summed E-state index contributed by atoms with van der Waals surface area (Å²) < 4.78 is 39.9. The summed E-state index contributed by atoms with van der Waals surface area (Å²) in [6.45, 7) is 1.44. The zero-order valence-electron chi connectivity index (χ0n) is 9.81. The molecular formula is C14H8BrF3O. The van der Waals surface area contributed by atoms with E-state index in [0.29, 0.717) is 6.07 Å². The van der Waals surface area contributed by atoms with Crippen molar-refractivity contribution < 1.29 is 18.0 Å². The topological polar surface area (TPSA) is 17.1 Å². The van der Waals surface area contributed by atoms with Crippen LogP contribution in [-0.4, -0.2) is 5.78 Å². The third-order valence-corrected chi connectivity index (χ3v) is 3.28. The van der Waals surface area contributed by atoms with Crippen molar-refractivity contribution in [1.82, 2.24) is 0 Å². The van der Waals surface area contributed by atoms with E-state index in [4.69, 9.17) is 0 Å². The predicted molar refractivity (Wildman–Crippen MR) is 68.6 cm³/mol. The van der Waals surface area contributed by atoms with Crippen molar-refractivity contribution in [3.63, 3.8) is 0 Å². The smallest absolute Gasteiger partial charge is 0.196 e. The second-order valence-electron chi connectivity index (χ2n) is 4.04. The van der Waals surface area contributed by atoms with E-state index in [1.165, 1.54) is 19.1 Å². The highest BCUT2D eigenvalue weighted by Gasteiger charge is 2.17. The van der Waals surface area contributed by atoms with Gasteiger partial charge in [-0.25, -0.2) is 13.2 Å². The molecule has 0 fully saturated rings. The molecule has 0 aliphatic rings. The fourth-order valence-corrected chi connectivity index (χ4v) is 2.00. The Bertz CT molecular complexity index is 668. The minimum absolute atomic E-state index is 0.109. The number of hydrogen-bond acceptors (Lipinski definition) is 1. The highest BCUT2D eigenvalue weighted by atomic mass is 79.9. The van der Waals surface area contributed by atoms with Gasteiger partial charge in [0.15, 0.2) is 5.78 Å². The highest BCUT2D eigenvalue weighted by Crippen LogP contribution is 2.21. The molecule has 0 amide bonds. The van der Waals surface area contributed by atoms with E-state index >= 15 is 0 Å². The fraction of sp³-hybridized carbons (Fsp3) is 0.0714. The first-order valence-electron chi connectivity index (χ1n) is 5.35. The highest BCUT2D eigenvalue weighted by molar-refractivity contribution is 9.10. The molecule has 0 atom stereocenters. The van der Waals surface area contributed by atoms with Gasteiger partial charge in [-0.1, -0.05) is 0 Å². The summed E-state index contributed by atoms with van der Waals surface area (Å²) in [5.74, 6) is -2.79. The quantitative estimate of drug-likeness (QED) is 0.746. The lowest BCUT2D eigenvalue weighted by atomic mass is 10.0. The number of benzene rings is 2. The van der Waals surface area contributed by atoms with Crippen molar-refractivity contribution in [2.45, 2.75) is 6.92 Å². The van der Waals surface area contributed by atoms with Crippen molar-refractivity contribution >= 4 is 21.7 Å². The molecule has 0 bridgehead atoms. The van der Waals surface area contributed by atoms with Crippen LogP contribution in [0.15, 0.2) is 34.8 Å². The van der Waals surface area contributed by atoms with Gasteiger partial charge in [-0.3, -0.25) is 4.79 Å². The lowest BCUT2D eigenvalue weighted by Gasteiger charge is -2.06. The maximum absolute atomic E-state index is 13.6. The van der Waals surface area contributed by atoms with Crippen LogP contribution in [0.2, 0.25) is 0 Å². The van der Waals surface area contributed by atoms with Gasteiger partial charge in [-0.2, -0.15) is 0 Å². The van der Waals surface area contributed by atoms with Gasteiger partial charge in [0.05, 0.1) is 10.0 Å². The van der Waals surface area contributed by atoms with Crippen molar-refractivity contribution in [1.29, 1.82) is 0 Å². The first-order valence-corrected chi connectivity index (χ1v) is 6.15. The molecule has 1 nitrogen and oxygen atoms in total. The molecule has 0 aliphatic carbocycles. The zero-order valence-corrected chi connectivity index (χ0v) is 11.4. The van der Waals surface area contributed by atoms with Crippen molar-refractivity contribution in [2.24, 2.45) is 0 Å². The van der Waals surface area contributed by atoms with Crippen molar-refractivity contribution in [3.05, 3.63) is 68.9 Å². The second-order valence-corrected chi connectivity index (χ2v) is 4.89. The standard InChI is InChI=1S/C14H8BrF3O/c1-7-4-9(13(18)6-12(7)17)14(19)8-2-3-11(16)10(15)5-8/h2-6H,1H3. The van der Waals surface area contributed by atoms with E-state index in [0.717, 1.165) is 12.1 Å². The Morgan fingerprint density at radius 1 is 1.00 bits per heavy atom. The third kappa shape index (κ3) is 2.71. The molecule has 0 N–H and O–H groups in total. The van der Waals surface area contributed by atoms with Gasteiger partial charge in [-0.15, -0.1) is 0 Å². The number of ketones is 1. The molecule has 19 heavy (non-hydrogen) atoms. The summed E-state index contributed by atoms with van der Waals surface area (Å²) in [5, 5.41) is 0. The normalized spacial score (nSPS) is 10.6. The molecule has 0 aliphatic heterocycles. The summed E-state index contributed by atoms with van der Waals surface area (Å²) >= 11 is 2.95. The molecule has 2 rings (SSSR count). The van der Waals surface area contributed by atoms with E-state index in [9.17, 15) is 18.0 Å². The van der Waals surface area contributed by atoms with Gasteiger partial charge >= 0.3 is 0 Å². The molecule has 0 saturated heterocycles. The SMILES string of the molecule is Cc1cc(C(=O)c2ccc(F)c(Br)c2)c(F)cc1F. The molecule has 0 aromatic heterocycles. The lowest BCUT2D eigenvalue weighted by molar-refractivity contribution is 0.103. The monoisotopic (exact) mass is 328 g/mol. The molecule has 2 aromatic rings. The Hall–Kier alpha value is -1.62. The summed E-state index contributed by atoms with van der Waals surface area (Å²) in [7, 11) is 0. The van der Waals surface area contributed by atoms with Gasteiger partial charge < -0.3 is 0 Å². The van der Waals surface area contributed by atoms with E-state index in [-0.39, 0.29) is 21.2 Å². The summed E-state index contributed by atoms with van der Waals surface area (Å²) in [5.41, 5.74) is 0.0570. The minimum atomic E-state index is -0.937. The van der Waals surface area contributed by atoms with Gasteiger partial charge in [-0.05, 0) is 52.7 Å². The number of carbonyl (C=O) groups excluding carboxylic acids is 1. The van der Waals surface area contributed by atoms with E-state index < -0.39 is 23.2 Å². The molecule has 0 heterocycles. The van der Waals surface area contributed by atoms with Gasteiger partial charge in [0.25, 0.3) is 0 Å². The zero-order chi connectivity index (χ0) is 14.2. The molecule has 5 heteroatoms. The summed E-state index contributed by atoms with van der Waals surface area (Å²) in [6.07, 6.45) is 0. The summed E-state index contributed by atoms with van der Waals surface area (Å²) in [6, 6.07) is 5.42. The average molecular weight is 329 g/mol. The largest absolute Gasteiger partial charge is 0.288 e. The molecule has 0 saturated carbocycles. The third-order valence-electron chi connectivity index (χ3n) is 2.67. The average Bonchev–Trinajstić information content (AvgIpc) is 2.36. The molecule has 0 radical (unpaired) electrons. The van der Waals surface area contributed by atoms with Crippen LogP contribution in [-0.2, 0) is 0 Å². The first kappa shape index (κ1) is 13.8. The number of aryl methyl sites for hydroxylation is 1. The summed E-state index contributed by atoms with van der Waals surface area (Å²) in [4.78, 5) is 12.1. The molecular weight excluding hydrogens is 321 g/mol. The van der Waals surface area contributed by atoms with Gasteiger partial charge in [0.2, 0.25) is 0 Å². The van der Waals surface area contributed by atoms with Crippen LogP contribution < -0.4 is 0 Å². The van der Waals surface area contributed by atoms with Crippen LogP contribution in [0.4, 0.5) is 13.2 Å². The molecule has 2 aromatic carbocycles. The number of rotatable bonds is 2. The Kier molecular flexibility index (Phi) is 3.75. The van der Waals surface area contributed by atoms with Crippen LogP contribution in [0.25, 0.3) is 0 Å². The Labute approximate surface area is 116 Å². The van der Waals surface area contributed by atoms with Crippen LogP contribution in [0.1, 0.15) is 21.5 Å². The van der Waals surface area contributed by atoms with Crippen LogP contribution in [0.3, 0.4) is 0 Å². The minimum Gasteiger partial charge on any atom is -0.288 e. The van der Waals surface area contributed by atoms with E-state index in [1.54, 1.807) is 0 Å². The van der Waals surface area contributed by atoms with Crippen LogP contribution in [0.5, 0.6) is 0 Å². The van der Waals surface area contributed by atoms with Crippen LogP contribution >= 0.6 is 15.9 Å². The van der Waals surface area contributed by atoms with Gasteiger partial charge in [0, 0.05) is 11.6 Å².